The van der Waals surface area contributed by atoms with Crippen LogP contribution in [0.1, 0.15) is 37.0 Å². The molecule has 0 N–H and O–H groups in total. The van der Waals surface area contributed by atoms with Crippen molar-refractivity contribution in [2.24, 2.45) is 5.92 Å². The molecule has 29 heavy (non-hydrogen) atoms. The Morgan fingerprint density at radius 3 is 2.38 bits per heavy atom. The van der Waals surface area contributed by atoms with Crippen molar-refractivity contribution >= 4 is 0 Å². The molecular formula is C25H33NO3. The van der Waals surface area contributed by atoms with Gasteiger partial charge in [0.25, 0.3) is 0 Å². The SMILES string of the molecule is COc1cc(CCN2CC[C@@]3(C)c4ccccc4CC2[C@@H]3C)cc(OC)c1OC. The Bertz CT molecular complexity index is 855. The van der Waals surface area contributed by atoms with Crippen LogP contribution in [0.4, 0.5) is 0 Å². The molecule has 1 heterocycles. The van der Waals surface area contributed by atoms with Gasteiger partial charge in [-0.05, 0) is 66.0 Å². The summed E-state index contributed by atoms with van der Waals surface area (Å²) in [6.45, 7) is 7.13. The number of benzene rings is 2. The first kappa shape index (κ1) is 20.1. The molecule has 0 radical (unpaired) electrons. The molecule has 0 spiro atoms. The summed E-state index contributed by atoms with van der Waals surface area (Å²) >= 11 is 0. The number of nitrogens with zero attached hydrogens (tertiary/aromatic N) is 1. The van der Waals surface area contributed by atoms with Gasteiger partial charge in [-0.2, -0.15) is 0 Å². The van der Waals surface area contributed by atoms with E-state index in [4.69, 9.17) is 14.2 Å². The predicted octanol–water partition coefficient (Wildman–Crippen LogP) is 4.48. The molecule has 0 saturated carbocycles. The number of likely N-dealkylation sites (tertiary alicyclic amines) is 1. The maximum absolute atomic E-state index is 5.53. The highest BCUT2D eigenvalue weighted by molar-refractivity contribution is 5.54. The van der Waals surface area contributed by atoms with E-state index in [2.05, 4.69) is 55.1 Å². The molecule has 1 aliphatic heterocycles. The second-order valence-corrected chi connectivity index (χ2v) is 8.70. The van der Waals surface area contributed by atoms with E-state index in [9.17, 15) is 0 Å². The lowest BCUT2D eigenvalue weighted by Crippen LogP contribution is -2.58. The smallest absolute Gasteiger partial charge is 0.203 e. The van der Waals surface area contributed by atoms with Gasteiger partial charge in [0.1, 0.15) is 0 Å². The first-order valence-corrected chi connectivity index (χ1v) is 10.6. The Balaban J connectivity index is 1.54. The monoisotopic (exact) mass is 395 g/mol. The molecule has 1 fully saturated rings. The minimum atomic E-state index is 0.294. The minimum Gasteiger partial charge on any atom is -0.493 e. The maximum atomic E-state index is 5.53. The lowest BCUT2D eigenvalue weighted by Gasteiger charge is -2.54. The van der Waals surface area contributed by atoms with Crippen LogP contribution >= 0.6 is 0 Å². The number of fused-ring (bicyclic) bond motifs is 4. The Morgan fingerprint density at radius 1 is 1.03 bits per heavy atom. The van der Waals surface area contributed by atoms with E-state index in [1.165, 1.54) is 17.5 Å². The Labute approximate surface area is 174 Å². The van der Waals surface area contributed by atoms with Crippen LogP contribution in [-0.4, -0.2) is 45.4 Å². The van der Waals surface area contributed by atoms with Crippen molar-refractivity contribution in [2.45, 2.75) is 44.6 Å². The van der Waals surface area contributed by atoms with Crippen LogP contribution in [0, 0.1) is 5.92 Å². The molecule has 2 bridgehead atoms. The standard InChI is InChI=1S/C25H33NO3/c1-17-21-16-19-8-6-7-9-20(19)25(17,2)11-13-26(21)12-10-18-14-22(27-3)24(29-5)23(15-18)28-4/h6-9,14-15,17,21H,10-13,16H2,1-5H3/t17-,21?,25+/m0/s1. The summed E-state index contributed by atoms with van der Waals surface area (Å²) in [6, 6.07) is 13.8. The Hall–Kier alpha value is -2.20. The molecule has 4 heteroatoms. The number of hydrogen-bond donors (Lipinski definition) is 0. The molecule has 4 rings (SSSR count). The van der Waals surface area contributed by atoms with Gasteiger partial charge in [0.15, 0.2) is 11.5 Å². The van der Waals surface area contributed by atoms with E-state index in [1.807, 2.05) is 0 Å². The van der Waals surface area contributed by atoms with Gasteiger partial charge in [0.2, 0.25) is 5.75 Å². The zero-order valence-corrected chi connectivity index (χ0v) is 18.3. The van der Waals surface area contributed by atoms with Crippen LogP contribution in [0.25, 0.3) is 0 Å². The zero-order chi connectivity index (χ0) is 20.6. The number of hydrogen-bond acceptors (Lipinski definition) is 4. The predicted molar refractivity (Wildman–Crippen MR) is 116 cm³/mol. The minimum absolute atomic E-state index is 0.294. The van der Waals surface area contributed by atoms with Gasteiger partial charge in [0.05, 0.1) is 21.3 Å². The third kappa shape index (κ3) is 3.38. The third-order valence-electron chi connectivity index (χ3n) is 7.44. The third-order valence-corrected chi connectivity index (χ3v) is 7.44. The highest BCUT2D eigenvalue weighted by Crippen LogP contribution is 2.48. The second-order valence-electron chi connectivity index (χ2n) is 8.70. The van der Waals surface area contributed by atoms with Gasteiger partial charge >= 0.3 is 0 Å². The molecule has 156 valence electrons. The van der Waals surface area contributed by atoms with E-state index < -0.39 is 0 Å². The molecule has 4 nitrogen and oxygen atoms in total. The molecule has 3 atom stereocenters. The quantitative estimate of drug-likeness (QED) is 0.722. The number of rotatable bonds is 6. The Morgan fingerprint density at radius 2 is 1.72 bits per heavy atom. The lowest BCUT2D eigenvalue weighted by atomic mass is 9.59. The van der Waals surface area contributed by atoms with Crippen molar-refractivity contribution in [1.29, 1.82) is 0 Å². The largest absolute Gasteiger partial charge is 0.493 e. The van der Waals surface area contributed by atoms with E-state index >= 15 is 0 Å². The first-order chi connectivity index (χ1) is 14.0. The summed E-state index contributed by atoms with van der Waals surface area (Å²) < 4.78 is 16.5. The molecule has 1 saturated heterocycles. The molecule has 1 aliphatic carbocycles. The molecule has 2 aromatic carbocycles. The van der Waals surface area contributed by atoms with E-state index in [1.54, 1.807) is 26.9 Å². The first-order valence-electron chi connectivity index (χ1n) is 10.6. The number of ether oxygens (including phenoxy) is 3. The summed E-state index contributed by atoms with van der Waals surface area (Å²) in [5.74, 6) is 2.78. The van der Waals surface area contributed by atoms with Crippen LogP contribution < -0.4 is 14.2 Å². The van der Waals surface area contributed by atoms with Crippen molar-refractivity contribution in [3.8, 4) is 17.2 Å². The lowest BCUT2D eigenvalue weighted by molar-refractivity contribution is 0.0323. The molecule has 0 aromatic heterocycles. The van der Waals surface area contributed by atoms with Gasteiger partial charge in [-0.15, -0.1) is 0 Å². The van der Waals surface area contributed by atoms with Crippen molar-refractivity contribution in [2.75, 3.05) is 34.4 Å². The average Bonchev–Trinajstić information content (AvgIpc) is 2.74. The fraction of sp³-hybridized carbons (Fsp3) is 0.520. The van der Waals surface area contributed by atoms with Crippen LogP contribution in [0.15, 0.2) is 36.4 Å². The number of piperidine rings is 1. The summed E-state index contributed by atoms with van der Waals surface area (Å²) in [5.41, 5.74) is 4.63. The average molecular weight is 396 g/mol. The molecule has 1 unspecified atom stereocenters. The van der Waals surface area contributed by atoms with Gasteiger partial charge in [-0.25, -0.2) is 0 Å². The molecule has 2 aromatic rings. The topological polar surface area (TPSA) is 30.9 Å². The van der Waals surface area contributed by atoms with Gasteiger partial charge in [0, 0.05) is 12.6 Å². The van der Waals surface area contributed by atoms with Gasteiger partial charge in [-0.3, -0.25) is 4.90 Å². The zero-order valence-electron chi connectivity index (χ0n) is 18.3. The maximum Gasteiger partial charge on any atom is 0.203 e. The molecular weight excluding hydrogens is 362 g/mol. The highest BCUT2D eigenvalue weighted by atomic mass is 16.5. The van der Waals surface area contributed by atoms with Gasteiger partial charge < -0.3 is 14.2 Å². The highest BCUT2D eigenvalue weighted by Gasteiger charge is 2.47. The normalized spacial score (nSPS) is 26.0. The van der Waals surface area contributed by atoms with Crippen LogP contribution in [0.3, 0.4) is 0 Å². The van der Waals surface area contributed by atoms with Crippen molar-refractivity contribution in [3.63, 3.8) is 0 Å². The summed E-state index contributed by atoms with van der Waals surface area (Å²) in [7, 11) is 4.99. The van der Waals surface area contributed by atoms with Gasteiger partial charge in [-0.1, -0.05) is 38.1 Å². The Kier molecular flexibility index (Phi) is 5.48. The van der Waals surface area contributed by atoms with Crippen molar-refractivity contribution in [1.82, 2.24) is 4.90 Å². The molecule has 2 aliphatic rings. The van der Waals surface area contributed by atoms with E-state index in [-0.39, 0.29) is 0 Å². The second kappa shape index (κ2) is 7.91. The van der Waals surface area contributed by atoms with E-state index in [0.717, 1.165) is 37.4 Å². The van der Waals surface area contributed by atoms with E-state index in [0.29, 0.717) is 23.1 Å². The summed E-state index contributed by atoms with van der Waals surface area (Å²) in [4.78, 5) is 2.70. The fourth-order valence-corrected chi connectivity index (χ4v) is 5.51. The number of methoxy groups -OCH3 is 3. The van der Waals surface area contributed by atoms with Crippen LogP contribution in [0.5, 0.6) is 17.2 Å². The van der Waals surface area contributed by atoms with Crippen molar-refractivity contribution < 1.29 is 14.2 Å². The molecule has 0 amide bonds. The van der Waals surface area contributed by atoms with Crippen LogP contribution in [0.2, 0.25) is 0 Å². The summed E-state index contributed by atoms with van der Waals surface area (Å²) in [5, 5.41) is 0. The fourth-order valence-electron chi connectivity index (χ4n) is 5.51. The van der Waals surface area contributed by atoms with Crippen LogP contribution in [-0.2, 0) is 18.3 Å². The van der Waals surface area contributed by atoms with Crippen molar-refractivity contribution in [3.05, 3.63) is 53.1 Å². The summed E-state index contributed by atoms with van der Waals surface area (Å²) in [6.07, 6.45) is 3.34.